The van der Waals surface area contributed by atoms with E-state index in [0.717, 1.165) is 0 Å². The fraction of sp³-hybridized carbons (Fsp3) is 0.333. The first-order valence-electron chi connectivity index (χ1n) is 5.96. The van der Waals surface area contributed by atoms with Gasteiger partial charge in [0.15, 0.2) is 17.4 Å². The summed E-state index contributed by atoms with van der Waals surface area (Å²) < 4.78 is 17.1. The number of anilines is 1. The van der Waals surface area contributed by atoms with E-state index in [9.17, 15) is 4.57 Å². The van der Waals surface area contributed by atoms with Crippen molar-refractivity contribution in [3.05, 3.63) is 6.33 Å². The van der Waals surface area contributed by atoms with Gasteiger partial charge in [-0.1, -0.05) is 0 Å². The number of hydrogen-bond acceptors (Lipinski definition) is 7. The van der Waals surface area contributed by atoms with E-state index in [4.69, 9.17) is 31.7 Å². The normalized spacial score (nSPS) is 11.7. The minimum atomic E-state index is -4.19. The van der Waals surface area contributed by atoms with Gasteiger partial charge in [0.2, 0.25) is 0 Å². The van der Waals surface area contributed by atoms with Crippen LogP contribution in [0.2, 0.25) is 0 Å². The van der Waals surface area contributed by atoms with Gasteiger partial charge in [0.25, 0.3) is 5.95 Å². The number of aromatic nitrogens is 4. The van der Waals surface area contributed by atoms with E-state index >= 15 is 0 Å². The lowest BCUT2D eigenvalue weighted by molar-refractivity contribution is 0.149. The first-order valence-corrected chi connectivity index (χ1v) is 7.76. The van der Waals surface area contributed by atoms with Gasteiger partial charge in [0, 0.05) is 6.54 Å². The second kappa shape index (κ2) is 6.23. The molecule has 2 aromatic heterocycles. The largest absolute Gasteiger partial charge is 0.382 e. The summed E-state index contributed by atoms with van der Waals surface area (Å²) in [6.45, 7) is 0.312. The molecule has 13 heteroatoms. The van der Waals surface area contributed by atoms with E-state index in [-0.39, 0.29) is 30.9 Å². The molecule has 2 heterocycles. The highest BCUT2D eigenvalue weighted by atomic mass is 31.2. The summed E-state index contributed by atoms with van der Waals surface area (Å²) >= 11 is 0. The fourth-order valence-electron chi connectivity index (χ4n) is 1.63. The van der Waals surface area contributed by atoms with Crippen molar-refractivity contribution in [2.24, 2.45) is 16.5 Å². The van der Waals surface area contributed by atoms with E-state index in [2.05, 4.69) is 19.9 Å². The van der Waals surface area contributed by atoms with E-state index in [1.165, 1.54) is 6.33 Å². The van der Waals surface area contributed by atoms with Gasteiger partial charge in [-0.05, 0) is 0 Å². The predicted molar refractivity (Wildman–Crippen MR) is 78.1 cm³/mol. The summed E-state index contributed by atoms with van der Waals surface area (Å²) in [4.78, 5) is 33.2. The van der Waals surface area contributed by atoms with Crippen molar-refractivity contribution < 1.29 is 19.1 Å². The number of imidazole rings is 1. The van der Waals surface area contributed by atoms with Crippen molar-refractivity contribution in [1.82, 2.24) is 19.5 Å². The number of nitrogens with two attached hydrogens (primary N) is 3. The maximum absolute atomic E-state index is 10.7. The van der Waals surface area contributed by atoms with Gasteiger partial charge in [0.1, 0.15) is 11.9 Å². The SMILES string of the molecule is NC(N)=Nc1nc(N)c2ncn(CCOCP(=O)(O)O)c2n1. The molecule has 0 atom stereocenters. The van der Waals surface area contributed by atoms with Crippen LogP contribution in [0.15, 0.2) is 11.3 Å². The number of aliphatic imine (C=N–C) groups is 1. The molecular formula is C9H15N8O4P. The standard InChI is InChI=1S/C9H15N8O4P/c10-6-5-7(15-9(14-6)16-8(11)12)17(3-13-5)1-2-21-4-22(18,19)20/h3H,1-2,4H2,(H2,18,19,20)(H6,10,11,12,14,15,16). The molecule has 2 rings (SSSR count). The number of rotatable bonds is 6. The van der Waals surface area contributed by atoms with E-state index in [1.54, 1.807) is 4.57 Å². The van der Waals surface area contributed by atoms with Crippen LogP contribution in [0.4, 0.5) is 11.8 Å². The molecule has 120 valence electrons. The first-order chi connectivity index (χ1) is 10.3. The van der Waals surface area contributed by atoms with Crippen LogP contribution in [0, 0.1) is 0 Å². The quantitative estimate of drug-likeness (QED) is 0.179. The minimum Gasteiger partial charge on any atom is -0.382 e. The van der Waals surface area contributed by atoms with E-state index < -0.39 is 13.9 Å². The Bertz CT molecular complexity index is 749. The molecule has 2 aromatic rings. The lowest BCUT2D eigenvalue weighted by Gasteiger charge is -2.07. The monoisotopic (exact) mass is 330 g/mol. The highest BCUT2D eigenvalue weighted by Gasteiger charge is 2.14. The molecule has 0 aliphatic heterocycles. The van der Waals surface area contributed by atoms with Crippen LogP contribution < -0.4 is 17.2 Å². The molecule has 0 saturated carbocycles. The number of nitrogens with zero attached hydrogens (tertiary/aromatic N) is 5. The van der Waals surface area contributed by atoms with Gasteiger partial charge in [0.05, 0.1) is 12.9 Å². The Morgan fingerprint density at radius 3 is 2.77 bits per heavy atom. The summed E-state index contributed by atoms with van der Waals surface area (Å²) in [7, 11) is -4.19. The minimum absolute atomic E-state index is 0.0112. The third-order valence-corrected chi connectivity index (χ3v) is 2.96. The van der Waals surface area contributed by atoms with Gasteiger partial charge in [-0.15, -0.1) is 0 Å². The smallest absolute Gasteiger partial charge is 0.350 e. The summed E-state index contributed by atoms with van der Waals surface area (Å²) in [5, 5.41) is 0. The van der Waals surface area contributed by atoms with Gasteiger partial charge in [-0.3, -0.25) is 4.57 Å². The second-order valence-corrected chi connectivity index (χ2v) is 5.85. The zero-order valence-corrected chi connectivity index (χ0v) is 12.2. The molecule has 0 saturated heterocycles. The number of ether oxygens (including phenoxy) is 1. The third kappa shape index (κ3) is 4.11. The summed E-state index contributed by atoms with van der Waals surface area (Å²) in [5.74, 6) is -0.113. The topological polar surface area (TPSA) is 201 Å². The summed E-state index contributed by atoms with van der Waals surface area (Å²) in [6.07, 6.45) is 0.797. The molecule has 0 fully saturated rings. The summed E-state index contributed by atoms with van der Waals surface area (Å²) in [5.41, 5.74) is 17.0. The Labute approximate surface area is 124 Å². The predicted octanol–water partition coefficient (Wildman–Crippen LogP) is -1.53. The van der Waals surface area contributed by atoms with Crippen LogP contribution in [-0.4, -0.2) is 48.2 Å². The lowest BCUT2D eigenvalue weighted by Crippen LogP contribution is -2.22. The van der Waals surface area contributed by atoms with Crippen LogP contribution in [0.25, 0.3) is 11.2 Å². The van der Waals surface area contributed by atoms with Crippen LogP contribution in [0.1, 0.15) is 0 Å². The molecule has 0 unspecified atom stereocenters. The molecule has 8 N–H and O–H groups in total. The third-order valence-electron chi connectivity index (χ3n) is 2.44. The zero-order valence-electron chi connectivity index (χ0n) is 11.3. The summed E-state index contributed by atoms with van der Waals surface area (Å²) in [6, 6.07) is 0. The molecule has 0 amide bonds. The molecular weight excluding hydrogens is 315 g/mol. The van der Waals surface area contributed by atoms with Crippen LogP contribution in [-0.2, 0) is 15.8 Å². The molecule has 12 nitrogen and oxygen atoms in total. The van der Waals surface area contributed by atoms with Gasteiger partial charge >= 0.3 is 7.60 Å². The second-order valence-electron chi connectivity index (χ2n) is 4.26. The Hall–Kier alpha value is -2.27. The number of nitrogen functional groups attached to an aromatic ring is 1. The Balaban J connectivity index is 2.18. The number of fused-ring (bicyclic) bond motifs is 1. The van der Waals surface area contributed by atoms with Crippen LogP contribution in [0.5, 0.6) is 0 Å². The Morgan fingerprint density at radius 2 is 2.14 bits per heavy atom. The lowest BCUT2D eigenvalue weighted by atomic mass is 10.5. The maximum Gasteiger partial charge on any atom is 0.350 e. The van der Waals surface area contributed by atoms with Crippen LogP contribution >= 0.6 is 7.60 Å². The first kappa shape index (κ1) is 16.1. The van der Waals surface area contributed by atoms with Crippen molar-refractivity contribution in [3.8, 4) is 0 Å². The molecule has 0 aliphatic rings. The Kier molecular flexibility index (Phi) is 4.56. The Morgan fingerprint density at radius 1 is 1.41 bits per heavy atom. The van der Waals surface area contributed by atoms with Gasteiger partial charge in [-0.25, -0.2) is 4.98 Å². The maximum atomic E-state index is 10.7. The molecule has 0 aliphatic carbocycles. The van der Waals surface area contributed by atoms with E-state index in [1.807, 2.05) is 0 Å². The average molecular weight is 330 g/mol. The molecule has 0 radical (unpaired) electrons. The number of hydrogen-bond donors (Lipinski definition) is 5. The average Bonchev–Trinajstić information content (AvgIpc) is 2.76. The van der Waals surface area contributed by atoms with Gasteiger partial charge in [-0.2, -0.15) is 15.0 Å². The highest BCUT2D eigenvalue weighted by molar-refractivity contribution is 7.51. The van der Waals surface area contributed by atoms with Crippen molar-refractivity contribution in [3.63, 3.8) is 0 Å². The van der Waals surface area contributed by atoms with Crippen LogP contribution in [0.3, 0.4) is 0 Å². The van der Waals surface area contributed by atoms with E-state index in [0.29, 0.717) is 11.2 Å². The molecule has 0 bridgehead atoms. The van der Waals surface area contributed by atoms with Crippen molar-refractivity contribution in [2.75, 3.05) is 18.7 Å². The van der Waals surface area contributed by atoms with Gasteiger partial charge < -0.3 is 36.3 Å². The van der Waals surface area contributed by atoms with Crippen molar-refractivity contribution >= 4 is 36.5 Å². The zero-order chi connectivity index (χ0) is 16.3. The number of guanidine groups is 1. The molecule has 0 aromatic carbocycles. The molecule has 22 heavy (non-hydrogen) atoms. The fourth-order valence-corrected chi connectivity index (χ4v) is 2.00. The van der Waals surface area contributed by atoms with Crippen molar-refractivity contribution in [1.29, 1.82) is 0 Å². The van der Waals surface area contributed by atoms with Crippen molar-refractivity contribution in [2.45, 2.75) is 6.54 Å². The molecule has 0 spiro atoms. The highest BCUT2D eigenvalue weighted by Crippen LogP contribution is 2.33.